The van der Waals surface area contributed by atoms with E-state index in [1.54, 1.807) is 0 Å². The second-order valence-corrected chi connectivity index (χ2v) is 7.20. The summed E-state index contributed by atoms with van der Waals surface area (Å²) in [5.74, 6) is 2.12. The third-order valence-electron chi connectivity index (χ3n) is 6.10. The van der Waals surface area contributed by atoms with Gasteiger partial charge in [0.1, 0.15) is 0 Å². The standard InChI is InChI=1S/C16H27NO/c1-2-4-12-9-13(6-5-11(12)3-1)17-15-10-14-7-8-16(15)18-14/h11-17H,1-10H2. The van der Waals surface area contributed by atoms with Crippen LogP contribution in [0.4, 0.5) is 0 Å². The molecule has 2 nitrogen and oxygen atoms in total. The summed E-state index contributed by atoms with van der Waals surface area (Å²) in [5.41, 5.74) is 0. The fourth-order valence-electron chi connectivity index (χ4n) is 5.14. The molecule has 1 N–H and O–H groups in total. The van der Waals surface area contributed by atoms with Crippen molar-refractivity contribution in [2.75, 3.05) is 0 Å². The lowest BCUT2D eigenvalue weighted by molar-refractivity contribution is 0.0896. The lowest BCUT2D eigenvalue weighted by atomic mass is 9.69. The first kappa shape index (κ1) is 11.7. The van der Waals surface area contributed by atoms with E-state index in [2.05, 4.69) is 5.32 Å². The van der Waals surface area contributed by atoms with Crippen LogP contribution in [-0.2, 0) is 4.74 Å². The first-order valence-corrected chi connectivity index (χ1v) is 8.30. The summed E-state index contributed by atoms with van der Waals surface area (Å²) in [4.78, 5) is 0. The molecule has 2 aliphatic heterocycles. The molecular formula is C16H27NO. The van der Waals surface area contributed by atoms with Gasteiger partial charge < -0.3 is 10.1 Å². The van der Waals surface area contributed by atoms with E-state index >= 15 is 0 Å². The molecule has 4 fully saturated rings. The minimum Gasteiger partial charge on any atom is -0.373 e. The third kappa shape index (κ3) is 2.12. The monoisotopic (exact) mass is 249 g/mol. The molecule has 0 spiro atoms. The maximum Gasteiger partial charge on any atom is 0.0733 e. The van der Waals surface area contributed by atoms with Crippen molar-refractivity contribution in [3.63, 3.8) is 0 Å². The van der Waals surface area contributed by atoms with Crippen LogP contribution in [0.2, 0.25) is 0 Å². The second kappa shape index (κ2) is 4.79. The maximum absolute atomic E-state index is 5.97. The Labute approximate surface area is 111 Å². The number of nitrogens with one attached hydrogen (secondary N) is 1. The van der Waals surface area contributed by atoms with E-state index in [-0.39, 0.29) is 0 Å². The molecule has 0 radical (unpaired) electrons. The highest BCUT2D eigenvalue weighted by atomic mass is 16.5. The zero-order valence-electron chi connectivity index (χ0n) is 11.4. The van der Waals surface area contributed by atoms with Gasteiger partial charge in [0.2, 0.25) is 0 Å². The quantitative estimate of drug-likeness (QED) is 0.811. The minimum absolute atomic E-state index is 0.555. The Kier molecular flexibility index (Phi) is 3.12. The fraction of sp³-hybridized carbons (Fsp3) is 1.00. The van der Waals surface area contributed by atoms with Gasteiger partial charge in [0.25, 0.3) is 0 Å². The van der Waals surface area contributed by atoms with Gasteiger partial charge >= 0.3 is 0 Å². The largest absolute Gasteiger partial charge is 0.373 e. The van der Waals surface area contributed by atoms with Crippen LogP contribution >= 0.6 is 0 Å². The molecule has 2 heteroatoms. The number of hydrogen-bond donors (Lipinski definition) is 1. The minimum atomic E-state index is 0.555. The summed E-state index contributed by atoms with van der Waals surface area (Å²) in [7, 11) is 0. The molecular weight excluding hydrogens is 222 g/mol. The lowest BCUT2D eigenvalue weighted by Crippen LogP contribution is -2.47. The van der Waals surface area contributed by atoms with Crippen LogP contribution in [0.25, 0.3) is 0 Å². The number of fused-ring (bicyclic) bond motifs is 3. The number of ether oxygens (including phenoxy) is 1. The molecule has 0 aromatic carbocycles. The molecule has 2 heterocycles. The molecule has 6 atom stereocenters. The first-order chi connectivity index (χ1) is 8.88. The Balaban J connectivity index is 1.33. The van der Waals surface area contributed by atoms with E-state index in [4.69, 9.17) is 4.74 Å². The van der Waals surface area contributed by atoms with Crippen molar-refractivity contribution in [1.82, 2.24) is 5.32 Å². The predicted octanol–water partition coefficient (Wildman–Crippen LogP) is 3.25. The Hall–Kier alpha value is -0.0800. The molecule has 0 aromatic heterocycles. The Morgan fingerprint density at radius 1 is 0.778 bits per heavy atom. The van der Waals surface area contributed by atoms with Gasteiger partial charge in [-0.1, -0.05) is 25.7 Å². The van der Waals surface area contributed by atoms with Crippen LogP contribution < -0.4 is 5.32 Å². The highest BCUT2D eigenvalue weighted by Gasteiger charge is 2.42. The van der Waals surface area contributed by atoms with Crippen LogP contribution in [0.1, 0.15) is 64.2 Å². The molecule has 2 aliphatic carbocycles. The van der Waals surface area contributed by atoms with Gasteiger partial charge in [-0.25, -0.2) is 0 Å². The molecule has 0 aromatic rings. The first-order valence-electron chi connectivity index (χ1n) is 8.30. The van der Waals surface area contributed by atoms with Gasteiger partial charge in [0, 0.05) is 12.1 Å². The molecule has 102 valence electrons. The molecule has 18 heavy (non-hydrogen) atoms. The van der Waals surface area contributed by atoms with Gasteiger partial charge in [-0.05, 0) is 50.4 Å². The van der Waals surface area contributed by atoms with E-state index in [9.17, 15) is 0 Å². The SMILES string of the molecule is C1CCC2CC(NC3CC4CCC3O4)CCC2C1. The van der Waals surface area contributed by atoms with Crippen molar-refractivity contribution >= 4 is 0 Å². The van der Waals surface area contributed by atoms with Crippen LogP contribution in [0, 0.1) is 11.8 Å². The fourth-order valence-corrected chi connectivity index (χ4v) is 5.14. The van der Waals surface area contributed by atoms with Crippen LogP contribution in [0.5, 0.6) is 0 Å². The van der Waals surface area contributed by atoms with Crippen LogP contribution in [-0.4, -0.2) is 24.3 Å². The van der Waals surface area contributed by atoms with Crippen molar-refractivity contribution in [2.45, 2.75) is 88.5 Å². The van der Waals surface area contributed by atoms with E-state index in [1.807, 2.05) is 0 Å². The van der Waals surface area contributed by atoms with Crippen molar-refractivity contribution < 1.29 is 4.74 Å². The highest BCUT2D eigenvalue weighted by Crippen LogP contribution is 2.41. The van der Waals surface area contributed by atoms with Crippen molar-refractivity contribution in [3.05, 3.63) is 0 Å². The molecule has 2 saturated heterocycles. The van der Waals surface area contributed by atoms with Gasteiger partial charge in [0.05, 0.1) is 12.2 Å². The molecule has 6 unspecified atom stereocenters. The molecule has 2 bridgehead atoms. The molecule has 4 aliphatic rings. The van der Waals surface area contributed by atoms with E-state index in [1.165, 1.54) is 64.2 Å². The lowest BCUT2D eigenvalue weighted by Gasteiger charge is -2.41. The van der Waals surface area contributed by atoms with Gasteiger partial charge in [-0.3, -0.25) is 0 Å². The normalized spacial score (nSPS) is 51.3. The van der Waals surface area contributed by atoms with Crippen LogP contribution in [0.15, 0.2) is 0 Å². The summed E-state index contributed by atoms with van der Waals surface area (Å²) >= 11 is 0. The van der Waals surface area contributed by atoms with Crippen molar-refractivity contribution in [3.8, 4) is 0 Å². The Morgan fingerprint density at radius 2 is 1.67 bits per heavy atom. The topological polar surface area (TPSA) is 21.3 Å². The molecule has 4 rings (SSSR count). The smallest absolute Gasteiger partial charge is 0.0733 e. The number of rotatable bonds is 2. The summed E-state index contributed by atoms with van der Waals surface area (Å²) in [6.07, 6.45) is 15.5. The van der Waals surface area contributed by atoms with Crippen molar-refractivity contribution in [2.24, 2.45) is 11.8 Å². The van der Waals surface area contributed by atoms with Gasteiger partial charge in [-0.15, -0.1) is 0 Å². The predicted molar refractivity (Wildman–Crippen MR) is 72.5 cm³/mol. The van der Waals surface area contributed by atoms with Gasteiger partial charge in [-0.2, -0.15) is 0 Å². The summed E-state index contributed by atoms with van der Waals surface area (Å²) in [5, 5.41) is 3.96. The van der Waals surface area contributed by atoms with E-state index < -0.39 is 0 Å². The number of hydrogen-bond acceptors (Lipinski definition) is 2. The van der Waals surface area contributed by atoms with E-state index in [0.717, 1.165) is 17.9 Å². The Morgan fingerprint density at radius 3 is 2.44 bits per heavy atom. The second-order valence-electron chi connectivity index (χ2n) is 7.20. The highest BCUT2D eigenvalue weighted by molar-refractivity contribution is 4.96. The third-order valence-corrected chi connectivity index (χ3v) is 6.10. The zero-order valence-corrected chi connectivity index (χ0v) is 11.4. The molecule has 0 amide bonds. The average molecular weight is 249 g/mol. The summed E-state index contributed by atoms with van der Waals surface area (Å²) in [6, 6.07) is 1.49. The maximum atomic E-state index is 5.97. The summed E-state index contributed by atoms with van der Waals surface area (Å²) in [6.45, 7) is 0. The average Bonchev–Trinajstić information content (AvgIpc) is 3.01. The van der Waals surface area contributed by atoms with Crippen molar-refractivity contribution in [1.29, 1.82) is 0 Å². The zero-order chi connectivity index (χ0) is 11.9. The van der Waals surface area contributed by atoms with E-state index in [0.29, 0.717) is 18.2 Å². The Bertz CT molecular complexity index is 305. The summed E-state index contributed by atoms with van der Waals surface area (Å²) < 4.78 is 5.97. The van der Waals surface area contributed by atoms with Gasteiger partial charge in [0.15, 0.2) is 0 Å². The van der Waals surface area contributed by atoms with Crippen LogP contribution in [0.3, 0.4) is 0 Å². The molecule has 2 saturated carbocycles.